The van der Waals surface area contributed by atoms with E-state index in [-0.39, 0.29) is 24.8 Å². The Labute approximate surface area is 189 Å². The third-order valence-corrected chi connectivity index (χ3v) is 4.81. The van der Waals surface area contributed by atoms with E-state index in [9.17, 15) is 0 Å². The lowest BCUT2D eigenvalue weighted by Gasteiger charge is -2.18. The topological polar surface area (TPSA) is 46.6 Å². The Morgan fingerprint density at radius 3 is 2.50 bits per heavy atom. The first-order valence-corrected chi connectivity index (χ1v) is 9.78. The molecule has 2 aromatic rings. The zero-order valence-corrected chi connectivity index (χ0v) is 19.8. The molecule has 1 N–H and O–H groups in total. The van der Waals surface area contributed by atoms with Gasteiger partial charge in [-0.05, 0) is 52.8 Å². The number of hydrogen-bond donors (Lipinski definition) is 1. The molecule has 0 aliphatic heterocycles. The largest absolute Gasteiger partial charge is 0.493 e. The number of rotatable bonds is 11. The third-order valence-electron chi connectivity index (χ3n) is 4.22. The Hall–Kier alpha value is -1.05. The summed E-state index contributed by atoms with van der Waals surface area (Å²) in [6, 6.07) is 7.98. The van der Waals surface area contributed by atoms with Gasteiger partial charge >= 0.3 is 0 Å². The molecule has 1 aromatic heterocycles. The van der Waals surface area contributed by atoms with Crippen LogP contribution in [0, 0.1) is 0 Å². The summed E-state index contributed by atoms with van der Waals surface area (Å²) < 4.78 is 12.4. The van der Waals surface area contributed by atoms with E-state index in [0.29, 0.717) is 12.4 Å². The minimum Gasteiger partial charge on any atom is -0.493 e. The molecule has 0 amide bonds. The maximum atomic E-state index is 5.95. The van der Waals surface area contributed by atoms with Gasteiger partial charge in [0.05, 0.1) is 11.6 Å². The second kappa shape index (κ2) is 14.9. The summed E-state index contributed by atoms with van der Waals surface area (Å²) in [6.45, 7) is 9.80. The molecule has 8 heteroatoms. The number of nitrogens with one attached hydrogen (secondary N) is 1. The highest BCUT2D eigenvalue weighted by Gasteiger charge is 2.12. The van der Waals surface area contributed by atoms with Crippen molar-refractivity contribution in [2.75, 3.05) is 33.3 Å². The first kappa shape index (κ1) is 27.0. The SMILES string of the molecule is CCN(CC)CCNCc1cc(Br)c(OCc2cccnc2)c(OC)c1.Cl.Cl. The quantitative estimate of drug-likeness (QED) is 0.458. The lowest BCUT2D eigenvalue weighted by Crippen LogP contribution is -2.31. The number of ether oxygens (including phenoxy) is 2. The van der Waals surface area contributed by atoms with Crippen molar-refractivity contribution in [3.8, 4) is 11.5 Å². The molecule has 0 unspecified atom stereocenters. The third kappa shape index (κ3) is 8.53. The highest BCUT2D eigenvalue weighted by molar-refractivity contribution is 9.10. The minimum atomic E-state index is 0. The van der Waals surface area contributed by atoms with Crippen LogP contribution in [0.1, 0.15) is 25.0 Å². The Morgan fingerprint density at radius 2 is 1.89 bits per heavy atom. The van der Waals surface area contributed by atoms with Crippen LogP contribution in [-0.4, -0.2) is 43.2 Å². The number of likely N-dealkylation sites (N-methyl/N-ethyl adjacent to an activating group) is 1. The molecule has 1 heterocycles. The number of nitrogens with zero attached hydrogens (tertiary/aromatic N) is 2. The van der Waals surface area contributed by atoms with Crippen molar-refractivity contribution in [3.63, 3.8) is 0 Å². The van der Waals surface area contributed by atoms with Crippen molar-refractivity contribution >= 4 is 40.7 Å². The van der Waals surface area contributed by atoms with Gasteiger partial charge in [-0.3, -0.25) is 4.98 Å². The van der Waals surface area contributed by atoms with E-state index in [0.717, 1.165) is 54.1 Å². The normalized spacial score (nSPS) is 10.2. The van der Waals surface area contributed by atoms with E-state index in [2.05, 4.69) is 51.0 Å². The molecule has 0 radical (unpaired) electrons. The number of benzene rings is 1. The second-order valence-corrected chi connectivity index (χ2v) is 6.82. The molecule has 0 saturated carbocycles. The predicted molar refractivity (Wildman–Crippen MR) is 123 cm³/mol. The van der Waals surface area contributed by atoms with Crippen molar-refractivity contribution in [2.24, 2.45) is 0 Å². The molecule has 28 heavy (non-hydrogen) atoms. The minimum absolute atomic E-state index is 0. The first-order valence-electron chi connectivity index (χ1n) is 8.99. The van der Waals surface area contributed by atoms with Crippen molar-refractivity contribution in [1.29, 1.82) is 0 Å². The number of hydrogen-bond acceptors (Lipinski definition) is 5. The van der Waals surface area contributed by atoms with Gasteiger partial charge in [0, 0.05) is 37.6 Å². The number of halogens is 3. The predicted octanol–water partition coefficient (Wildman–Crippen LogP) is 4.71. The van der Waals surface area contributed by atoms with E-state index in [1.165, 1.54) is 0 Å². The number of methoxy groups -OCH3 is 1. The van der Waals surface area contributed by atoms with Gasteiger partial charge in [0.2, 0.25) is 0 Å². The average molecular weight is 495 g/mol. The molecule has 0 fully saturated rings. The van der Waals surface area contributed by atoms with E-state index in [1.807, 2.05) is 18.2 Å². The zero-order chi connectivity index (χ0) is 18.8. The van der Waals surface area contributed by atoms with Crippen molar-refractivity contribution < 1.29 is 9.47 Å². The molecule has 0 atom stereocenters. The number of aromatic nitrogens is 1. The van der Waals surface area contributed by atoms with Gasteiger partial charge in [-0.15, -0.1) is 24.8 Å². The van der Waals surface area contributed by atoms with Crippen LogP contribution < -0.4 is 14.8 Å². The van der Waals surface area contributed by atoms with E-state index >= 15 is 0 Å². The molecule has 0 aliphatic carbocycles. The van der Waals surface area contributed by atoms with Crippen molar-refractivity contribution in [3.05, 3.63) is 52.3 Å². The van der Waals surface area contributed by atoms with Gasteiger partial charge in [0.15, 0.2) is 11.5 Å². The summed E-state index contributed by atoms with van der Waals surface area (Å²) in [5.41, 5.74) is 2.17. The van der Waals surface area contributed by atoms with Gasteiger partial charge in [-0.2, -0.15) is 0 Å². The molecular formula is C20H30BrCl2N3O2. The Morgan fingerprint density at radius 1 is 1.14 bits per heavy atom. The molecule has 2 rings (SSSR count). The number of pyridine rings is 1. The van der Waals surface area contributed by atoms with Crippen molar-refractivity contribution in [1.82, 2.24) is 15.2 Å². The molecule has 0 spiro atoms. The summed E-state index contributed by atoms with van der Waals surface area (Å²) in [5.74, 6) is 1.44. The fourth-order valence-electron chi connectivity index (χ4n) is 2.66. The maximum absolute atomic E-state index is 5.95. The molecule has 5 nitrogen and oxygen atoms in total. The fraction of sp³-hybridized carbons (Fsp3) is 0.450. The summed E-state index contributed by atoms with van der Waals surface area (Å²) in [6.07, 6.45) is 3.55. The molecule has 0 saturated heterocycles. The van der Waals surface area contributed by atoms with Gasteiger partial charge in [0.1, 0.15) is 6.61 Å². The monoisotopic (exact) mass is 493 g/mol. The molecular weight excluding hydrogens is 465 g/mol. The maximum Gasteiger partial charge on any atom is 0.175 e. The Kier molecular flexibility index (Phi) is 14.3. The van der Waals surface area contributed by atoms with Crippen molar-refractivity contribution in [2.45, 2.75) is 27.0 Å². The van der Waals surface area contributed by atoms with Gasteiger partial charge in [-0.25, -0.2) is 0 Å². The fourth-order valence-corrected chi connectivity index (χ4v) is 3.27. The van der Waals surface area contributed by atoms with Crippen LogP contribution in [0.15, 0.2) is 41.1 Å². The van der Waals surface area contributed by atoms with Crippen LogP contribution in [0.3, 0.4) is 0 Å². The molecule has 158 valence electrons. The molecule has 0 aliphatic rings. The Bertz CT molecular complexity index is 674. The summed E-state index contributed by atoms with van der Waals surface area (Å²) in [4.78, 5) is 6.51. The van der Waals surface area contributed by atoms with E-state index < -0.39 is 0 Å². The standard InChI is InChI=1S/C20H28BrN3O2.2ClH/c1-4-24(5-2)10-9-23-14-17-11-18(21)20(19(12-17)25-3)26-15-16-7-6-8-22-13-16;;/h6-8,11-13,23H,4-5,9-10,14-15H2,1-3H3;2*1H. The molecule has 0 bridgehead atoms. The van der Waals surface area contributed by atoms with Gasteiger partial charge < -0.3 is 19.7 Å². The summed E-state index contributed by atoms with van der Waals surface area (Å²) in [5, 5.41) is 3.49. The lowest BCUT2D eigenvalue weighted by atomic mass is 10.2. The van der Waals surface area contributed by atoms with Gasteiger partial charge in [0.25, 0.3) is 0 Å². The smallest absolute Gasteiger partial charge is 0.175 e. The van der Waals surface area contributed by atoms with E-state index in [1.54, 1.807) is 19.5 Å². The highest BCUT2D eigenvalue weighted by atomic mass is 79.9. The zero-order valence-electron chi connectivity index (χ0n) is 16.6. The van der Waals surface area contributed by atoms with Crippen LogP contribution in [0.2, 0.25) is 0 Å². The van der Waals surface area contributed by atoms with Gasteiger partial charge in [-0.1, -0.05) is 19.9 Å². The average Bonchev–Trinajstić information content (AvgIpc) is 2.67. The van der Waals surface area contributed by atoms with E-state index in [4.69, 9.17) is 9.47 Å². The van der Waals surface area contributed by atoms with Crippen LogP contribution in [-0.2, 0) is 13.2 Å². The lowest BCUT2D eigenvalue weighted by molar-refractivity contribution is 0.282. The highest BCUT2D eigenvalue weighted by Crippen LogP contribution is 2.37. The second-order valence-electron chi connectivity index (χ2n) is 5.96. The summed E-state index contributed by atoms with van der Waals surface area (Å²) >= 11 is 3.61. The van der Waals surface area contributed by atoms with Crippen LogP contribution in [0.4, 0.5) is 0 Å². The first-order chi connectivity index (χ1) is 12.7. The van der Waals surface area contributed by atoms with Crippen LogP contribution >= 0.6 is 40.7 Å². The van der Waals surface area contributed by atoms with Crippen LogP contribution in [0.5, 0.6) is 11.5 Å². The summed E-state index contributed by atoms with van der Waals surface area (Å²) in [7, 11) is 1.66. The molecule has 1 aromatic carbocycles. The Balaban J connectivity index is 0.00000364. The van der Waals surface area contributed by atoms with Crippen LogP contribution in [0.25, 0.3) is 0 Å².